The van der Waals surface area contributed by atoms with Gasteiger partial charge in [-0.15, -0.1) is 11.3 Å². The molecule has 3 heterocycles. The number of hydrogen-bond donors (Lipinski definition) is 1. The maximum Gasteiger partial charge on any atom is 0.125 e. The molecule has 3 aromatic rings. The van der Waals surface area contributed by atoms with Crippen LogP contribution < -0.4 is 4.74 Å². The molecule has 1 fully saturated rings. The number of hydrogen-bond acceptors (Lipinski definition) is 6. The van der Waals surface area contributed by atoms with E-state index in [2.05, 4.69) is 22.0 Å². The molecule has 5 nitrogen and oxygen atoms in total. The Hall–Kier alpha value is -2.28. The lowest BCUT2D eigenvalue weighted by Crippen LogP contribution is -2.29. The lowest BCUT2D eigenvalue weighted by molar-refractivity contribution is 0.0207. The third-order valence-corrected chi connectivity index (χ3v) is 7.10. The van der Waals surface area contributed by atoms with Gasteiger partial charge in [-0.25, -0.2) is 4.98 Å². The standard InChI is InChI=1S/C24H29N3O2S/c1-19-22(10-17-29-21-6-3-2-4-7-21)30-23(26-19)24(28)11-5-15-27(16-12-24)18-20-8-13-25-14-9-20/h2-4,6-9,13-14,28H,5,10-12,15-18H2,1H3. The highest BCUT2D eigenvalue weighted by Gasteiger charge is 2.35. The van der Waals surface area contributed by atoms with Crippen molar-refractivity contribution >= 4 is 11.3 Å². The van der Waals surface area contributed by atoms with Gasteiger partial charge in [-0.3, -0.25) is 9.88 Å². The molecule has 0 radical (unpaired) electrons. The number of aromatic nitrogens is 2. The van der Waals surface area contributed by atoms with E-state index < -0.39 is 5.60 Å². The maximum absolute atomic E-state index is 11.4. The molecule has 2 aromatic heterocycles. The molecule has 0 spiro atoms. The SMILES string of the molecule is Cc1nc(C2(O)CCCN(Cc3ccncc3)CC2)sc1CCOc1ccccc1. The summed E-state index contributed by atoms with van der Waals surface area (Å²) < 4.78 is 5.84. The Morgan fingerprint density at radius 3 is 2.70 bits per heavy atom. The van der Waals surface area contributed by atoms with Crippen LogP contribution in [0, 0.1) is 6.92 Å². The van der Waals surface area contributed by atoms with Crippen molar-refractivity contribution < 1.29 is 9.84 Å². The van der Waals surface area contributed by atoms with Gasteiger partial charge in [0.2, 0.25) is 0 Å². The largest absolute Gasteiger partial charge is 0.493 e. The lowest BCUT2D eigenvalue weighted by atomic mass is 9.96. The molecular weight excluding hydrogens is 394 g/mol. The van der Waals surface area contributed by atoms with Crippen molar-refractivity contribution in [2.24, 2.45) is 0 Å². The fourth-order valence-electron chi connectivity index (χ4n) is 3.93. The molecule has 6 heteroatoms. The molecule has 158 valence electrons. The molecule has 1 N–H and O–H groups in total. The van der Waals surface area contributed by atoms with E-state index >= 15 is 0 Å². The second-order valence-electron chi connectivity index (χ2n) is 7.96. The topological polar surface area (TPSA) is 58.5 Å². The zero-order valence-electron chi connectivity index (χ0n) is 17.5. The number of benzene rings is 1. The van der Waals surface area contributed by atoms with Crippen LogP contribution in [0.2, 0.25) is 0 Å². The molecule has 0 saturated carbocycles. The van der Waals surface area contributed by atoms with Crippen LogP contribution in [0.15, 0.2) is 54.9 Å². The van der Waals surface area contributed by atoms with E-state index in [-0.39, 0.29) is 0 Å². The quantitative estimate of drug-likeness (QED) is 0.613. The number of para-hydroxylation sites is 1. The molecule has 1 saturated heterocycles. The molecule has 1 unspecified atom stereocenters. The fraction of sp³-hybridized carbons (Fsp3) is 0.417. The van der Waals surface area contributed by atoms with Crippen molar-refractivity contribution in [2.75, 3.05) is 19.7 Å². The Kier molecular flexibility index (Phi) is 6.77. The lowest BCUT2D eigenvalue weighted by Gasteiger charge is -2.24. The van der Waals surface area contributed by atoms with Crippen molar-refractivity contribution in [2.45, 2.75) is 44.8 Å². The molecule has 4 rings (SSSR count). The number of nitrogens with zero attached hydrogens (tertiary/aromatic N) is 3. The second kappa shape index (κ2) is 9.69. The summed E-state index contributed by atoms with van der Waals surface area (Å²) in [6.45, 7) is 5.41. The summed E-state index contributed by atoms with van der Waals surface area (Å²) in [5.41, 5.74) is 1.44. The predicted molar refractivity (Wildman–Crippen MR) is 120 cm³/mol. The first-order valence-corrected chi connectivity index (χ1v) is 11.4. The zero-order chi connectivity index (χ0) is 20.8. The Morgan fingerprint density at radius 2 is 1.90 bits per heavy atom. The van der Waals surface area contributed by atoms with Crippen LogP contribution in [-0.4, -0.2) is 39.7 Å². The summed E-state index contributed by atoms with van der Waals surface area (Å²) in [6.07, 6.45) is 6.92. The van der Waals surface area contributed by atoms with Crippen LogP contribution in [0.3, 0.4) is 0 Å². The molecular formula is C24H29N3O2S. The fourth-order valence-corrected chi connectivity index (χ4v) is 5.12. The first-order chi connectivity index (χ1) is 14.6. The number of aryl methyl sites for hydroxylation is 1. The van der Waals surface area contributed by atoms with Crippen LogP contribution in [0.5, 0.6) is 5.75 Å². The molecule has 1 aliphatic rings. The van der Waals surface area contributed by atoms with Crippen LogP contribution in [0.4, 0.5) is 0 Å². The summed E-state index contributed by atoms with van der Waals surface area (Å²) in [6, 6.07) is 14.0. The van der Waals surface area contributed by atoms with E-state index in [0.29, 0.717) is 13.0 Å². The van der Waals surface area contributed by atoms with Gasteiger partial charge in [0, 0.05) is 36.8 Å². The van der Waals surface area contributed by atoms with Gasteiger partial charge < -0.3 is 9.84 Å². The Labute approximate surface area is 182 Å². The molecule has 1 aliphatic heterocycles. The van der Waals surface area contributed by atoms with Crippen LogP contribution in [0.25, 0.3) is 0 Å². The maximum atomic E-state index is 11.4. The third kappa shape index (κ3) is 5.25. The molecule has 0 bridgehead atoms. The monoisotopic (exact) mass is 423 g/mol. The number of pyridine rings is 1. The summed E-state index contributed by atoms with van der Waals surface area (Å²) in [7, 11) is 0. The van der Waals surface area contributed by atoms with E-state index in [0.717, 1.165) is 55.3 Å². The molecule has 1 aromatic carbocycles. The van der Waals surface area contributed by atoms with Crippen LogP contribution >= 0.6 is 11.3 Å². The third-order valence-electron chi connectivity index (χ3n) is 5.69. The first kappa shape index (κ1) is 21.0. The van der Waals surface area contributed by atoms with Gasteiger partial charge in [-0.1, -0.05) is 18.2 Å². The zero-order valence-corrected chi connectivity index (χ0v) is 18.3. The van der Waals surface area contributed by atoms with Gasteiger partial charge in [0.05, 0.1) is 12.3 Å². The normalized spacial score (nSPS) is 20.1. The Morgan fingerprint density at radius 1 is 1.10 bits per heavy atom. The van der Waals surface area contributed by atoms with Crippen LogP contribution in [0.1, 0.15) is 40.4 Å². The average Bonchev–Trinajstić information content (AvgIpc) is 3.04. The highest BCUT2D eigenvalue weighted by Crippen LogP contribution is 2.37. The van der Waals surface area contributed by atoms with Gasteiger partial charge in [-0.2, -0.15) is 0 Å². The van der Waals surface area contributed by atoms with Gasteiger partial charge in [0.1, 0.15) is 16.4 Å². The molecule has 0 aliphatic carbocycles. The number of aliphatic hydroxyl groups is 1. The number of likely N-dealkylation sites (tertiary alicyclic amines) is 1. The van der Waals surface area contributed by atoms with Crippen molar-refractivity contribution in [3.63, 3.8) is 0 Å². The minimum atomic E-state index is -0.832. The summed E-state index contributed by atoms with van der Waals surface area (Å²) in [5.74, 6) is 0.886. The van der Waals surface area contributed by atoms with E-state index in [1.165, 1.54) is 10.4 Å². The van der Waals surface area contributed by atoms with Crippen LogP contribution in [-0.2, 0) is 18.6 Å². The van der Waals surface area contributed by atoms with E-state index in [9.17, 15) is 5.11 Å². The summed E-state index contributed by atoms with van der Waals surface area (Å²) in [4.78, 5) is 12.5. The van der Waals surface area contributed by atoms with Gasteiger partial charge >= 0.3 is 0 Å². The summed E-state index contributed by atoms with van der Waals surface area (Å²) >= 11 is 1.65. The number of thiazole rings is 1. The number of ether oxygens (including phenoxy) is 1. The minimum absolute atomic E-state index is 0.616. The molecule has 30 heavy (non-hydrogen) atoms. The average molecular weight is 424 g/mol. The van der Waals surface area contributed by atoms with E-state index in [1.54, 1.807) is 11.3 Å². The Balaban J connectivity index is 1.36. The smallest absolute Gasteiger partial charge is 0.125 e. The van der Waals surface area contributed by atoms with Crippen molar-refractivity contribution in [1.82, 2.24) is 14.9 Å². The Bertz CT molecular complexity index is 932. The number of rotatable bonds is 7. The molecule has 0 amide bonds. The second-order valence-corrected chi connectivity index (χ2v) is 9.04. The molecule has 1 atom stereocenters. The van der Waals surface area contributed by atoms with Crippen molar-refractivity contribution in [1.29, 1.82) is 0 Å². The van der Waals surface area contributed by atoms with E-state index in [1.807, 2.05) is 49.6 Å². The van der Waals surface area contributed by atoms with Gasteiger partial charge in [-0.05, 0) is 62.6 Å². The predicted octanol–water partition coefficient (Wildman–Crippen LogP) is 4.34. The first-order valence-electron chi connectivity index (χ1n) is 10.6. The van der Waals surface area contributed by atoms with Gasteiger partial charge in [0.25, 0.3) is 0 Å². The van der Waals surface area contributed by atoms with E-state index in [4.69, 9.17) is 9.72 Å². The highest BCUT2D eigenvalue weighted by molar-refractivity contribution is 7.11. The summed E-state index contributed by atoms with van der Waals surface area (Å²) in [5, 5.41) is 12.3. The van der Waals surface area contributed by atoms with Gasteiger partial charge in [0.15, 0.2) is 0 Å². The highest BCUT2D eigenvalue weighted by atomic mass is 32.1. The minimum Gasteiger partial charge on any atom is -0.493 e. The van der Waals surface area contributed by atoms with Crippen molar-refractivity contribution in [3.8, 4) is 5.75 Å². The van der Waals surface area contributed by atoms with Crippen molar-refractivity contribution in [3.05, 3.63) is 76.0 Å².